The van der Waals surface area contributed by atoms with Gasteiger partial charge in [-0.3, -0.25) is 9.20 Å². The fourth-order valence-corrected chi connectivity index (χ4v) is 4.32. The van der Waals surface area contributed by atoms with E-state index in [1.807, 2.05) is 0 Å². The molecule has 8 heteroatoms. The number of amides is 1. The molecule has 0 spiro atoms. The molecule has 2 bridgehead atoms. The van der Waals surface area contributed by atoms with Crippen LogP contribution in [0, 0.1) is 17.8 Å². The molecular weight excluding hydrogens is 318 g/mol. The number of nitrogens with zero attached hydrogens (tertiary/aromatic N) is 3. The van der Waals surface area contributed by atoms with Gasteiger partial charge in [-0.05, 0) is 43.2 Å². The van der Waals surface area contributed by atoms with Gasteiger partial charge in [0, 0.05) is 24.8 Å². The molecule has 4 unspecified atom stereocenters. The highest BCUT2D eigenvalue weighted by atomic mass is 19.3. The smallest absolute Gasteiger partial charge is 0.297 e. The number of fused-ring (bicyclic) bond motifs is 3. The van der Waals surface area contributed by atoms with E-state index in [0.29, 0.717) is 11.8 Å². The number of pyridine rings is 1. The van der Waals surface area contributed by atoms with Crippen molar-refractivity contribution in [3.8, 4) is 0 Å². The van der Waals surface area contributed by atoms with Crippen molar-refractivity contribution >= 4 is 11.6 Å². The summed E-state index contributed by atoms with van der Waals surface area (Å²) in [5.41, 5.74) is 0.554. The van der Waals surface area contributed by atoms with Gasteiger partial charge in [-0.25, -0.2) is 8.78 Å². The van der Waals surface area contributed by atoms with E-state index in [-0.39, 0.29) is 35.7 Å². The zero-order chi connectivity index (χ0) is 16.8. The van der Waals surface area contributed by atoms with Crippen LogP contribution in [-0.2, 0) is 0 Å². The lowest BCUT2D eigenvalue weighted by Gasteiger charge is -2.30. The third kappa shape index (κ3) is 2.36. The van der Waals surface area contributed by atoms with E-state index in [1.54, 1.807) is 6.07 Å². The summed E-state index contributed by atoms with van der Waals surface area (Å²) in [5, 5.41) is 19.7. The molecule has 0 aromatic carbocycles. The average molecular weight is 336 g/mol. The first kappa shape index (κ1) is 15.4. The number of hydrogen-bond donors (Lipinski definition) is 2. The maximum Gasteiger partial charge on any atom is 0.297 e. The normalized spacial score (nSPS) is 28.8. The Morgan fingerprint density at radius 3 is 2.88 bits per heavy atom. The minimum absolute atomic E-state index is 0.0487. The first-order chi connectivity index (χ1) is 11.6. The molecule has 1 amide bonds. The van der Waals surface area contributed by atoms with Crippen molar-refractivity contribution in [2.75, 3.05) is 6.61 Å². The molecule has 4 rings (SSSR count). The maximum atomic E-state index is 12.9. The van der Waals surface area contributed by atoms with Crippen LogP contribution in [0.2, 0.25) is 0 Å². The number of alkyl halides is 2. The van der Waals surface area contributed by atoms with Gasteiger partial charge in [0.25, 0.3) is 12.3 Å². The molecule has 2 aliphatic rings. The van der Waals surface area contributed by atoms with E-state index in [1.165, 1.54) is 12.3 Å². The number of hydrogen-bond acceptors (Lipinski definition) is 4. The standard InChI is InChI=1S/C16H18F2N4O2/c17-14(18)15-21-20-12-4-3-10(6-22(12)15)16(24)19-13-9-2-1-8(5-9)11(13)7-23/h3-4,6,8-9,11,13-14,23H,1-2,5,7H2,(H,19,24). The minimum Gasteiger partial charge on any atom is -0.396 e. The van der Waals surface area contributed by atoms with Gasteiger partial charge in [0.1, 0.15) is 0 Å². The fourth-order valence-electron chi connectivity index (χ4n) is 4.32. The Morgan fingerprint density at radius 1 is 1.33 bits per heavy atom. The Kier molecular flexibility index (Phi) is 3.71. The summed E-state index contributed by atoms with van der Waals surface area (Å²) in [7, 11) is 0. The van der Waals surface area contributed by atoms with Crippen molar-refractivity contribution in [2.24, 2.45) is 17.8 Å². The van der Waals surface area contributed by atoms with Gasteiger partial charge in [0.05, 0.1) is 5.56 Å². The maximum absolute atomic E-state index is 12.9. The van der Waals surface area contributed by atoms with Crippen LogP contribution >= 0.6 is 0 Å². The molecule has 2 aliphatic carbocycles. The lowest BCUT2D eigenvalue weighted by molar-refractivity contribution is 0.0860. The van der Waals surface area contributed by atoms with Crippen LogP contribution in [0.3, 0.4) is 0 Å². The van der Waals surface area contributed by atoms with Crippen molar-refractivity contribution in [1.82, 2.24) is 19.9 Å². The highest BCUT2D eigenvalue weighted by Gasteiger charge is 2.47. The Balaban J connectivity index is 1.58. The first-order valence-electron chi connectivity index (χ1n) is 8.13. The van der Waals surface area contributed by atoms with Gasteiger partial charge in [-0.15, -0.1) is 10.2 Å². The van der Waals surface area contributed by atoms with E-state index < -0.39 is 12.2 Å². The average Bonchev–Trinajstić information content (AvgIpc) is 3.27. The largest absolute Gasteiger partial charge is 0.396 e. The SMILES string of the molecule is O=C(NC1C2CCC(C2)C1CO)c1ccc2nnc(C(F)F)n2c1. The highest BCUT2D eigenvalue weighted by molar-refractivity contribution is 5.94. The van der Waals surface area contributed by atoms with Gasteiger partial charge < -0.3 is 10.4 Å². The number of carbonyl (C=O) groups is 1. The van der Waals surface area contributed by atoms with Crippen LogP contribution in [0.15, 0.2) is 18.3 Å². The Labute approximate surface area is 136 Å². The van der Waals surface area contributed by atoms with Crippen LogP contribution in [0.1, 0.15) is 41.9 Å². The number of aliphatic hydroxyl groups is 1. The summed E-state index contributed by atoms with van der Waals surface area (Å²) in [6, 6.07) is 3.00. The Hall–Kier alpha value is -2.09. The van der Waals surface area contributed by atoms with Crippen LogP contribution in [-0.4, -0.2) is 38.3 Å². The molecule has 2 fully saturated rings. The van der Waals surface area contributed by atoms with Crippen LogP contribution in [0.25, 0.3) is 5.65 Å². The molecule has 128 valence electrons. The second-order valence-electron chi connectivity index (χ2n) is 6.68. The van der Waals surface area contributed by atoms with Gasteiger partial charge in [-0.1, -0.05) is 0 Å². The van der Waals surface area contributed by atoms with Crippen LogP contribution in [0.5, 0.6) is 0 Å². The predicted octanol–water partition coefficient (Wildman–Crippen LogP) is 1.80. The minimum atomic E-state index is -2.76. The van der Waals surface area contributed by atoms with E-state index in [9.17, 15) is 18.7 Å². The lowest BCUT2D eigenvalue weighted by atomic mass is 9.85. The molecule has 2 N–H and O–H groups in total. The molecule has 0 aliphatic heterocycles. The van der Waals surface area contributed by atoms with E-state index in [0.717, 1.165) is 23.7 Å². The van der Waals surface area contributed by atoms with E-state index in [2.05, 4.69) is 15.5 Å². The molecule has 24 heavy (non-hydrogen) atoms. The predicted molar refractivity (Wildman–Crippen MR) is 80.6 cm³/mol. The number of nitrogens with one attached hydrogen (secondary N) is 1. The molecule has 2 aromatic rings. The second-order valence-corrected chi connectivity index (χ2v) is 6.68. The Bertz CT molecular complexity index is 779. The van der Waals surface area contributed by atoms with Crippen molar-refractivity contribution in [1.29, 1.82) is 0 Å². The molecule has 2 aromatic heterocycles. The van der Waals surface area contributed by atoms with Gasteiger partial charge >= 0.3 is 0 Å². The fraction of sp³-hybridized carbons (Fsp3) is 0.562. The van der Waals surface area contributed by atoms with Crippen molar-refractivity contribution in [3.05, 3.63) is 29.7 Å². The van der Waals surface area contributed by atoms with E-state index in [4.69, 9.17) is 0 Å². The topological polar surface area (TPSA) is 79.5 Å². The number of carbonyl (C=O) groups excluding carboxylic acids is 1. The first-order valence-corrected chi connectivity index (χ1v) is 8.13. The monoisotopic (exact) mass is 336 g/mol. The van der Waals surface area contributed by atoms with Gasteiger partial charge in [0.15, 0.2) is 5.65 Å². The summed E-state index contributed by atoms with van der Waals surface area (Å²) in [6.07, 6.45) is 1.78. The van der Waals surface area contributed by atoms with Crippen molar-refractivity contribution in [3.63, 3.8) is 0 Å². The molecular formula is C16H18F2N4O2. The molecule has 2 heterocycles. The zero-order valence-electron chi connectivity index (χ0n) is 12.9. The van der Waals surface area contributed by atoms with Crippen LogP contribution < -0.4 is 5.32 Å². The third-order valence-electron chi connectivity index (χ3n) is 5.48. The summed E-state index contributed by atoms with van der Waals surface area (Å²) in [5.74, 6) is 0.153. The number of halogens is 2. The molecule has 6 nitrogen and oxygen atoms in total. The summed E-state index contributed by atoms with van der Waals surface area (Å²) in [6.45, 7) is 0.0616. The summed E-state index contributed by atoms with van der Waals surface area (Å²) >= 11 is 0. The highest BCUT2D eigenvalue weighted by Crippen LogP contribution is 2.48. The molecule has 0 saturated heterocycles. The van der Waals surface area contributed by atoms with Crippen LogP contribution in [0.4, 0.5) is 8.78 Å². The summed E-state index contributed by atoms with van der Waals surface area (Å²) in [4.78, 5) is 12.6. The number of aliphatic hydroxyl groups excluding tert-OH is 1. The number of rotatable bonds is 4. The van der Waals surface area contributed by atoms with E-state index >= 15 is 0 Å². The van der Waals surface area contributed by atoms with Gasteiger partial charge in [0.2, 0.25) is 5.82 Å². The third-order valence-corrected chi connectivity index (χ3v) is 5.48. The second kappa shape index (κ2) is 5.77. The van der Waals surface area contributed by atoms with Crippen molar-refractivity contribution < 1.29 is 18.7 Å². The summed E-state index contributed by atoms with van der Waals surface area (Å²) < 4.78 is 27.0. The lowest BCUT2D eigenvalue weighted by Crippen LogP contribution is -2.45. The number of aromatic nitrogens is 3. The Morgan fingerprint density at radius 2 is 2.12 bits per heavy atom. The zero-order valence-corrected chi connectivity index (χ0v) is 12.9. The quantitative estimate of drug-likeness (QED) is 0.892. The molecule has 4 atom stereocenters. The van der Waals surface area contributed by atoms with Gasteiger partial charge in [-0.2, -0.15) is 0 Å². The molecule has 0 radical (unpaired) electrons. The van der Waals surface area contributed by atoms with Crippen molar-refractivity contribution in [2.45, 2.75) is 31.7 Å². The molecule has 2 saturated carbocycles.